The van der Waals surface area contributed by atoms with Crippen molar-refractivity contribution in [3.63, 3.8) is 0 Å². The Labute approximate surface area is 256 Å². The third-order valence-electron chi connectivity index (χ3n) is 9.47. The Balaban J connectivity index is 1.33. The second kappa shape index (κ2) is 10.2. The van der Waals surface area contributed by atoms with Crippen LogP contribution in [0.4, 0.5) is 8.78 Å². The van der Waals surface area contributed by atoms with E-state index in [1.54, 1.807) is 12.1 Å². The van der Waals surface area contributed by atoms with E-state index in [9.17, 15) is 14.3 Å². The summed E-state index contributed by atoms with van der Waals surface area (Å²) in [7, 11) is 0. The molecule has 0 radical (unpaired) electrons. The highest BCUT2D eigenvalue weighted by Crippen LogP contribution is 2.41. The lowest BCUT2D eigenvalue weighted by molar-refractivity contribution is 0.0928. The van der Waals surface area contributed by atoms with Crippen molar-refractivity contribution in [3.05, 3.63) is 65.5 Å². The van der Waals surface area contributed by atoms with Gasteiger partial charge in [-0.15, -0.1) is 6.42 Å². The lowest BCUT2D eigenvalue weighted by Crippen LogP contribution is -2.43. The van der Waals surface area contributed by atoms with Crippen LogP contribution in [0.3, 0.4) is 0 Å². The molecule has 0 saturated carbocycles. The molecule has 1 amide bonds. The molecular formula is C34H28F2N6O3. The predicted octanol–water partition coefficient (Wildman–Crippen LogP) is 5.03. The van der Waals surface area contributed by atoms with Crippen LogP contribution >= 0.6 is 0 Å². The number of fused-ring (bicyclic) bond motifs is 4. The number of terminal acetylenes is 1. The Morgan fingerprint density at radius 1 is 1.04 bits per heavy atom. The van der Waals surface area contributed by atoms with Crippen molar-refractivity contribution in [2.24, 2.45) is 0 Å². The van der Waals surface area contributed by atoms with Crippen LogP contribution in [-0.4, -0.2) is 67.2 Å². The van der Waals surface area contributed by atoms with Crippen molar-refractivity contribution in [1.29, 1.82) is 0 Å². The number of carbonyl (C=O) groups is 1. The number of nitrogens with one attached hydrogen (secondary N) is 1. The van der Waals surface area contributed by atoms with Gasteiger partial charge < -0.3 is 19.7 Å². The van der Waals surface area contributed by atoms with Crippen molar-refractivity contribution in [3.8, 4) is 46.7 Å². The van der Waals surface area contributed by atoms with E-state index in [4.69, 9.17) is 16.1 Å². The summed E-state index contributed by atoms with van der Waals surface area (Å²) in [5, 5.41) is 14.4. The average molecular weight is 607 g/mol. The number of phenols is 1. The summed E-state index contributed by atoms with van der Waals surface area (Å²) in [5.74, 6) is 0.554. The maximum Gasteiger partial charge on any atom is 0.317 e. The van der Waals surface area contributed by atoms with Gasteiger partial charge in [0.2, 0.25) is 0 Å². The first kappa shape index (κ1) is 27.5. The van der Waals surface area contributed by atoms with Crippen molar-refractivity contribution in [1.82, 2.24) is 29.7 Å². The summed E-state index contributed by atoms with van der Waals surface area (Å²) in [6.45, 7) is 3.36. The van der Waals surface area contributed by atoms with Gasteiger partial charge in [0.25, 0.3) is 5.91 Å². The average Bonchev–Trinajstić information content (AvgIpc) is 3.75. The smallest absolute Gasteiger partial charge is 0.317 e. The summed E-state index contributed by atoms with van der Waals surface area (Å²) in [5.41, 5.74) is 1.20. The van der Waals surface area contributed by atoms with Gasteiger partial charge in [0.15, 0.2) is 5.82 Å². The SMILES string of the molecule is C#Cc1c(F)ccc2cc(O)cc(-c3ncc4c(-c5ccc6n5CCNC6=O)nc(OCC56CCCN5CCC6)nc4c3F)c12. The minimum absolute atomic E-state index is 0.00797. The number of hydrogen-bond acceptors (Lipinski definition) is 7. The zero-order valence-corrected chi connectivity index (χ0v) is 24.2. The normalized spacial score (nSPS) is 17.3. The minimum Gasteiger partial charge on any atom is -0.508 e. The molecule has 8 rings (SSSR count). The zero-order chi connectivity index (χ0) is 30.9. The number of ether oxygens (including phenoxy) is 1. The van der Waals surface area contributed by atoms with Gasteiger partial charge in [0.1, 0.15) is 40.8 Å². The van der Waals surface area contributed by atoms with E-state index in [0.717, 1.165) is 38.8 Å². The molecule has 2 fully saturated rings. The van der Waals surface area contributed by atoms with Crippen molar-refractivity contribution < 1.29 is 23.4 Å². The number of halogens is 2. The molecule has 2 aromatic carbocycles. The monoisotopic (exact) mass is 606 g/mol. The maximum absolute atomic E-state index is 16.8. The van der Waals surface area contributed by atoms with Crippen molar-refractivity contribution in [2.45, 2.75) is 37.8 Å². The Morgan fingerprint density at radius 3 is 2.64 bits per heavy atom. The molecule has 3 aliphatic heterocycles. The molecule has 5 aromatic rings. The van der Waals surface area contributed by atoms with Crippen LogP contribution in [0, 0.1) is 24.0 Å². The molecule has 2 saturated heterocycles. The first-order chi connectivity index (χ1) is 21.9. The van der Waals surface area contributed by atoms with E-state index in [2.05, 4.69) is 26.1 Å². The van der Waals surface area contributed by atoms with E-state index < -0.39 is 11.6 Å². The van der Waals surface area contributed by atoms with Gasteiger partial charge in [-0.2, -0.15) is 9.97 Å². The minimum atomic E-state index is -0.801. The molecule has 6 heterocycles. The molecular weight excluding hydrogens is 578 g/mol. The number of carbonyl (C=O) groups excluding carboxylic acids is 1. The molecule has 45 heavy (non-hydrogen) atoms. The van der Waals surface area contributed by atoms with E-state index in [1.807, 2.05) is 4.57 Å². The first-order valence-corrected chi connectivity index (χ1v) is 15.0. The van der Waals surface area contributed by atoms with Crippen LogP contribution in [-0.2, 0) is 6.54 Å². The molecule has 0 bridgehead atoms. The third kappa shape index (κ3) is 4.24. The number of rotatable bonds is 5. The highest BCUT2D eigenvalue weighted by molar-refractivity contribution is 6.03. The number of hydrogen-bond donors (Lipinski definition) is 2. The number of phenolic OH excluding ortho intramolecular Hbond substituents is 1. The summed E-state index contributed by atoms with van der Waals surface area (Å²) < 4.78 is 39.7. The Kier molecular flexibility index (Phi) is 6.25. The second-order valence-electron chi connectivity index (χ2n) is 11.9. The van der Waals surface area contributed by atoms with Gasteiger partial charge in [0, 0.05) is 35.6 Å². The molecule has 11 heteroatoms. The fourth-order valence-electron chi connectivity index (χ4n) is 7.38. The van der Waals surface area contributed by atoms with Crippen molar-refractivity contribution >= 4 is 27.6 Å². The first-order valence-electron chi connectivity index (χ1n) is 15.0. The van der Waals surface area contributed by atoms with E-state index in [0.29, 0.717) is 47.6 Å². The number of nitrogens with zero attached hydrogens (tertiary/aromatic N) is 5. The number of aromatic nitrogens is 4. The van der Waals surface area contributed by atoms with Crippen LogP contribution in [0.5, 0.6) is 11.8 Å². The van der Waals surface area contributed by atoms with Gasteiger partial charge in [-0.3, -0.25) is 14.7 Å². The molecule has 226 valence electrons. The second-order valence-corrected chi connectivity index (χ2v) is 11.9. The van der Waals surface area contributed by atoms with Crippen LogP contribution in [0.2, 0.25) is 0 Å². The molecule has 0 spiro atoms. The molecule has 3 aliphatic rings. The quantitative estimate of drug-likeness (QED) is 0.271. The number of pyridine rings is 1. The molecule has 2 N–H and O–H groups in total. The predicted molar refractivity (Wildman–Crippen MR) is 164 cm³/mol. The number of aromatic hydroxyl groups is 1. The fraction of sp³-hybridized carbons (Fsp3) is 0.294. The van der Waals surface area contributed by atoms with E-state index in [1.165, 1.54) is 30.5 Å². The molecule has 0 aliphatic carbocycles. The molecule has 0 atom stereocenters. The van der Waals surface area contributed by atoms with E-state index in [-0.39, 0.29) is 50.9 Å². The zero-order valence-electron chi connectivity index (χ0n) is 24.2. The Bertz CT molecular complexity index is 2090. The largest absolute Gasteiger partial charge is 0.508 e. The lowest BCUT2D eigenvalue weighted by atomic mass is 9.95. The summed E-state index contributed by atoms with van der Waals surface area (Å²) in [6.07, 6.45) is 11.3. The Hall–Kier alpha value is -5.08. The number of benzene rings is 2. The van der Waals surface area contributed by atoms with Crippen LogP contribution in [0.15, 0.2) is 42.6 Å². The van der Waals surface area contributed by atoms with Gasteiger partial charge in [-0.25, -0.2) is 8.78 Å². The van der Waals surface area contributed by atoms with Crippen molar-refractivity contribution in [2.75, 3.05) is 26.2 Å². The fourth-order valence-corrected chi connectivity index (χ4v) is 7.38. The number of amides is 1. The van der Waals surface area contributed by atoms with Gasteiger partial charge in [0.05, 0.1) is 16.8 Å². The highest BCUT2D eigenvalue weighted by Gasteiger charge is 2.45. The standard InChI is InChI=1S/C34H28F2N6O3/c1-2-21-24(35)6-5-19-15-20(43)16-22(27(19)21)30-28(36)31-23(17-38-30)29(25-7-8-26-32(44)37-11-14-42(25)26)39-33(40-31)45-18-34-9-3-12-41(34)13-4-10-34/h1,5-8,15-17,43H,3-4,9-14,18H2,(H,37,44). The summed E-state index contributed by atoms with van der Waals surface area (Å²) in [6, 6.07) is 8.92. The molecule has 3 aromatic heterocycles. The highest BCUT2D eigenvalue weighted by atomic mass is 19.1. The van der Waals surface area contributed by atoms with Gasteiger partial charge in [-0.1, -0.05) is 12.0 Å². The third-order valence-corrected chi connectivity index (χ3v) is 9.47. The Morgan fingerprint density at radius 2 is 1.84 bits per heavy atom. The van der Waals surface area contributed by atoms with Gasteiger partial charge in [-0.05, 0) is 74.5 Å². The lowest BCUT2D eigenvalue weighted by Gasteiger charge is -2.31. The topological polar surface area (TPSA) is 105 Å². The molecule has 9 nitrogen and oxygen atoms in total. The van der Waals surface area contributed by atoms with Gasteiger partial charge >= 0.3 is 6.01 Å². The van der Waals surface area contributed by atoms with Crippen LogP contribution in [0.1, 0.15) is 41.7 Å². The van der Waals surface area contributed by atoms with Crippen LogP contribution in [0.25, 0.3) is 44.3 Å². The summed E-state index contributed by atoms with van der Waals surface area (Å²) in [4.78, 5) is 28.8. The van der Waals surface area contributed by atoms with E-state index >= 15 is 4.39 Å². The van der Waals surface area contributed by atoms with Crippen LogP contribution < -0.4 is 10.1 Å². The molecule has 0 unspecified atom stereocenters. The summed E-state index contributed by atoms with van der Waals surface area (Å²) >= 11 is 0. The maximum atomic E-state index is 16.8.